The average molecular weight is 525 g/mol. The highest BCUT2D eigenvalue weighted by atomic mass is 35.5. The Balaban J connectivity index is 1.95. The second-order valence-electron chi connectivity index (χ2n) is 9.08. The standard InChI is InChI=1S/C24H26Cl2N2O5S/c1-13-7-9-15-17(11-13)23(29)28(20-6-4-3-5-19(20)27-34(2,32)33)22(21(15)24(30)31)16-10-8-14(25)12-18(16)26/h7-12,19-22,27H,3-6H2,1-2H3,(H,30,31)/t19-,20-,21+,22-/m0/s1. The van der Waals surface area contributed by atoms with E-state index in [0.717, 1.165) is 24.7 Å². The monoisotopic (exact) mass is 524 g/mol. The Hall–Kier alpha value is -2.13. The van der Waals surface area contributed by atoms with Crippen molar-refractivity contribution in [1.82, 2.24) is 9.62 Å². The van der Waals surface area contributed by atoms with E-state index in [0.29, 0.717) is 34.6 Å². The topological polar surface area (TPSA) is 104 Å². The summed E-state index contributed by atoms with van der Waals surface area (Å²) in [4.78, 5) is 28.2. The average Bonchev–Trinajstić information content (AvgIpc) is 2.73. The lowest BCUT2D eigenvalue weighted by Crippen LogP contribution is -2.58. The molecule has 2 N–H and O–H groups in total. The SMILES string of the molecule is Cc1ccc2c(c1)C(=O)N([C@H]1CCCC[C@@H]1NS(C)(=O)=O)[C@@H](c1ccc(Cl)cc1Cl)[C@@H]2C(=O)O. The molecule has 1 aliphatic carbocycles. The van der Waals surface area contributed by atoms with E-state index in [4.69, 9.17) is 23.2 Å². The summed E-state index contributed by atoms with van der Waals surface area (Å²) in [6.45, 7) is 1.84. The van der Waals surface area contributed by atoms with Crippen molar-refractivity contribution in [3.8, 4) is 0 Å². The number of amides is 1. The van der Waals surface area contributed by atoms with Crippen LogP contribution in [0, 0.1) is 6.92 Å². The molecular weight excluding hydrogens is 499 g/mol. The zero-order chi connectivity index (χ0) is 24.8. The molecule has 182 valence electrons. The van der Waals surface area contributed by atoms with Crippen LogP contribution >= 0.6 is 23.2 Å². The van der Waals surface area contributed by atoms with E-state index in [-0.39, 0.29) is 10.9 Å². The summed E-state index contributed by atoms with van der Waals surface area (Å²) >= 11 is 12.7. The van der Waals surface area contributed by atoms with Gasteiger partial charge in [-0.25, -0.2) is 13.1 Å². The van der Waals surface area contributed by atoms with Crippen molar-refractivity contribution in [1.29, 1.82) is 0 Å². The minimum Gasteiger partial charge on any atom is -0.481 e. The van der Waals surface area contributed by atoms with Gasteiger partial charge in [-0.3, -0.25) is 9.59 Å². The second-order valence-corrected chi connectivity index (χ2v) is 11.7. The molecule has 0 unspecified atom stereocenters. The summed E-state index contributed by atoms with van der Waals surface area (Å²) in [6.07, 6.45) is 3.75. The molecule has 0 saturated heterocycles. The first-order valence-electron chi connectivity index (χ1n) is 11.1. The summed E-state index contributed by atoms with van der Waals surface area (Å²) in [5.74, 6) is -2.52. The van der Waals surface area contributed by atoms with E-state index in [1.165, 1.54) is 6.07 Å². The van der Waals surface area contributed by atoms with Crippen molar-refractivity contribution in [3.63, 3.8) is 0 Å². The van der Waals surface area contributed by atoms with Gasteiger partial charge in [0, 0.05) is 27.7 Å². The third-order valence-corrected chi connectivity index (χ3v) is 7.92. The number of fused-ring (bicyclic) bond motifs is 1. The molecule has 4 atom stereocenters. The number of carbonyl (C=O) groups excluding carboxylic acids is 1. The van der Waals surface area contributed by atoms with Gasteiger partial charge >= 0.3 is 5.97 Å². The number of hydrogen-bond donors (Lipinski definition) is 2. The number of hydrogen-bond acceptors (Lipinski definition) is 4. The van der Waals surface area contributed by atoms with Gasteiger partial charge in [-0.15, -0.1) is 0 Å². The van der Waals surface area contributed by atoms with E-state index in [2.05, 4.69) is 4.72 Å². The minimum absolute atomic E-state index is 0.251. The molecule has 4 rings (SSSR count). The van der Waals surface area contributed by atoms with Crippen molar-refractivity contribution >= 4 is 45.1 Å². The first kappa shape index (κ1) is 25.0. The first-order valence-corrected chi connectivity index (χ1v) is 13.7. The number of benzene rings is 2. The highest BCUT2D eigenvalue weighted by molar-refractivity contribution is 7.88. The maximum absolute atomic E-state index is 14.0. The van der Waals surface area contributed by atoms with Gasteiger partial charge in [-0.1, -0.05) is 59.8 Å². The predicted octanol–water partition coefficient (Wildman–Crippen LogP) is 4.53. The summed E-state index contributed by atoms with van der Waals surface area (Å²) in [7, 11) is -3.55. The highest BCUT2D eigenvalue weighted by Crippen LogP contribution is 2.48. The largest absolute Gasteiger partial charge is 0.481 e. The van der Waals surface area contributed by atoms with Gasteiger partial charge in [0.05, 0.1) is 12.3 Å². The van der Waals surface area contributed by atoms with Crippen LogP contribution in [-0.4, -0.2) is 48.6 Å². The van der Waals surface area contributed by atoms with E-state index < -0.39 is 40.0 Å². The lowest BCUT2D eigenvalue weighted by Gasteiger charge is -2.48. The van der Waals surface area contributed by atoms with Gasteiger partial charge in [0.2, 0.25) is 10.0 Å². The van der Waals surface area contributed by atoms with Gasteiger partial charge < -0.3 is 10.0 Å². The molecule has 1 aliphatic heterocycles. The number of carboxylic acids is 1. The molecule has 0 bridgehead atoms. The number of carboxylic acid groups (broad SMARTS) is 1. The Kier molecular flexibility index (Phi) is 6.97. The van der Waals surface area contributed by atoms with Crippen molar-refractivity contribution in [3.05, 3.63) is 68.7 Å². The van der Waals surface area contributed by atoms with Crippen LogP contribution in [0.25, 0.3) is 0 Å². The zero-order valence-electron chi connectivity index (χ0n) is 18.8. The van der Waals surface area contributed by atoms with Crippen LogP contribution in [0.2, 0.25) is 10.0 Å². The van der Waals surface area contributed by atoms with Gasteiger partial charge in [0.1, 0.15) is 5.92 Å². The van der Waals surface area contributed by atoms with Crippen LogP contribution in [0.1, 0.15) is 64.7 Å². The van der Waals surface area contributed by atoms with Crippen LogP contribution in [-0.2, 0) is 14.8 Å². The molecule has 1 amide bonds. The Morgan fingerprint density at radius 3 is 2.41 bits per heavy atom. The summed E-state index contributed by atoms with van der Waals surface area (Å²) in [5.41, 5.74) is 2.02. The summed E-state index contributed by atoms with van der Waals surface area (Å²) in [5, 5.41) is 11.0. The molecule has 10 heteroatoms. The van der Waals surface area contributed by atoms with Crippen molar-refractivity contribution in [2.24, 2.45) is 0 Å². The Labute approximate surface area is 209 Å². The maximum atomic E-state index is 14.0. The number of aliphatic carboxylic acids is 1. The number of sulfonamides is 1. The maximum Gasteiger partial charge on any atom is 0.313 e. The summed E-state index contributed by atoms with van der Waals surface area (Å²) < 4.78 is 26.9. The van der Waals surface area contributed by atoms with Crippen LogP contribution in [0.15, 0.2) is 36.4 Å². The molecule has 1 fully saturated rings. The normalized spacial score (nSPS) is 25.2. The van der Waals surface area contributed by atoms with Crippen LogP contribution in [0.4, 0.5) is 0 Å². The third kappa shape index (κ3) is 4.82. The smallest absolute Gasteiger partial charge is 0.313 e. The minimum atomic E-state index is -3.55. The molecule has 2 aromatic carbocycles. The lowest BCUT2D eigenvalue weighted by atomic mass is 9.76. The van der Waals surface area contributed by atoms with Crippen molar-refractivity contribution in [2.75, 3.05) is 6.26 Å². The second kappa shape index (κ2) is 9.49. The molecule has 1 saturated carbocycles. The number of rotatable bonds is 5. The van der Waals surface area contributed by atoms with Crippen LogP contribution in [0.5, 0.6) is 0 Å². The van der Waals surface area contributed by atoms with Crippen LogP contribution < -0.4 is 4.72 Å². The van der Waals surface area contributed by atoms with Crippen molar-refractivity contribution < 1.29 is 23.1 Å². The molecule has 1 heterocycles. The summed E-state index contributed by atoms with van der Waals surface area (Å²) in [6, 6.07) is 7.94. The fourth-order valence-corrected chi connectivity index (χ4v) is 6.62. The third-order valence-electron chi connectivity index (χ3n) is 6.62. The molecule has 0 radical (unpaired) electrons. The molecule has 2 aromatic rings. The molecule has 0 aromatic heterocycles. The van der Waals surface area contributed by atoms with E-state index >= 15 is 0 Å². The number of halogens is 2. The number of nitrogens with zero attached hydrogens (tertiary/aromatic N) is 1. The number of aryl methyl sites for hydroxylation is 1. The molecular formula is C24H26Cl2N2O5S. The first-order chi connectivity index (χ1) is 16.0. The quantitative estimate of drug-likeness (QED) is 0.597. The highest BCUT2D eigenvalue weighted by Gasteiger charge is 2.49. The van der Waals surface area contributed by atoms with Crippen molar-refractivity contribution in [2.45, 2.75) is 56.7 Å². The lowest BCUT2D eigenvalue weighted by molar-refractivity contribution is -0.141. The van der Waals surface area contributed by atoms with Crippen LogP contribution in [0.3, 0.4) is 0 Å². The number of nitrogens with one attached hydrogen (secondary N) is 1. The van der Waals surface area contributed by atoms with E-state index in [1.807, 2.05) is 6.92 Å². The Morgan fingerprint density at radius 1 is 1.09 bits per heavy atom. The van der Waals surface area contributed by atoms with E-state index in [1.54, 1.807) is 35.2 Å². The Bertz CT molecular complexity index is 1250. The molecule has 7 nitrogen and oxygen atoms in total. The predicted molar refractivity (Wildman–Crippen MR) is 131 cm³/mol. The van der Waals surface area contributed by atoms with Gasteiger partial charge in [-0.05, 0) is 49.1 Å². The molecule has 0 spiro atoms. The zero-order valence-corrected chi connectivity index (χ0v) is 21.1. The molecule has 34 heavy (non-hydrogen) atoms. The van der Waals surface area contributed by atoms with Gasteiger partial charge in [0.25, 0.3) is 5.91 Å². The fourth-order valence-electron chi connectivity index (χ4n) is 5.28. The molecule has 2 aliphatic rings. The van der Waals surface area contributed by atoms with Gasteiger partial charge in [-0.2, -0.15) is 0 Å². The van der Waals surface area contributed by atoms with Gasteiger partial charge in [0.15, 0.2) is 0 Å². The fraction of sp³-hybridized carbons (Fsp3) is 0.417. The number of carbonyl (C=O) groups is 2. The Morgan fingerprint density at radius 2 is 1.76 bits per heavy atom. The van der Waals surface area contributed by atoms with E-state index in [9.17, 15) is 23.1 Å².